The number of halogens is 1. The molecule has 0 saturated carbocycles. The number of thioether (sulfide) groups is 1. The molecule has 0 atom stereocenters. The Bertz CT molecular complexity index is 1640. The van der Waals surface area contributed by atoms with E-state index in [9.17, 15) is 9.59 Å². The maximum Gasteiger partial charge on any atom is 0.261 e. The van der Waals surface area contributed by atoms with E-state index in [1.807, 2.05) is 24.6 Å². The van der Waals surface area contributed by atoms with Gasteiger partial charge >= 0.3 is 0 Å². The van der Waals surface area contributed by atoms with Gasteiger partial charge in [-0.05, 0) is 31.2 Å². The summed E-state index contributed by atoms with van der Waals surface area (Å²) in [5.74, 6) is 1.15. The zero-order valence-corrected chi connectivity index (χ0v) is 19.4. The van der Waals surface area contributed by atoms with E-state index in [4.69, 9.17) is 11.6 Å². The maximum atomic E-state index is 13.0. The van der Waals surface area contributed by atoms with Gasteiger partial charge in [0.25, 0.3) is 5.56 Å². The van der Waals surface area contributed by atoms with Gasteiger partial charge in [0, 0.05) is 53.8 Å². The largest absolute Gasteiger partial charge is 0.356 e. The smallest absolute Gasteiger partial charge is 0.261 e. The highest BCUT2D eigenvalue weighted by atomic mass is 35.5. The van der Waals surface area contributed by atoms with Crippen LogP contribution in [-0.2, 0) is 19.2 Å². The Balaban J connectivity index is 1.40. The van der Waals surface area contributed by atoms with E-state index in [-0.39, 0.29) is 11.0 Å². The molecule has 0 unspecified atom stereocenters. The Morgan fingerprint density at radius 3 is 2.82 bits per heavy atom. The van der Waals surface area contributed by atoms with E-state index >= 15 is 0 Å². The summed E-state index contributed by atoms with van der Waals surface area (Å²) in [5.41, 5.74) is 3.04. The highest BCUT2D eigenvalue weighted by Gasteiger charge is 2.16. The standard InChI is InChI=1S/C23H19ClN6O2S/c1-13-16(22(32)30-9-4-3-8-19(30)25-13)11-20-27-28-23(29(20)2)33-12-14-10-18(31)15-6-5-7-17(24)21(15)26-14/h3-10H,11-12H2,1-2H3,(H,26,31). The molecule has 0 aliphatic rings. The monoisotopic (exact) mass is 478 g/mol. The number of aryl methyl sites for hydroxylation is 1. The minimum Gasteiger partial charge on any atom is -0.356 e. The Morgan fingerprint density at radius 1 is 1.12 bits per heavy atom. The lowest BCUT2D eigenvalue weighted by molar-refractivity contribution is 0.743. The molecule has 0 fully saturated rings. The molecule has 0 amide bonds. The first kappa shape index (κ1) is 21.4. The van der Waals surface area contributed by atoms with Crippen LogP contribution in [0, 0.1) is 6.92 Å². The SMILES string of the molecule is Cc1nc2ccccn2c(=O)c1Cc1nnc(SCc2cc(=O)c3cccc(Cl)c3[nH]2)n1C. The van der Waals surface area contributed by atoms with Crippen LogP contribution >= 0.6 is 23.4 Å². The number of benzene rings is 1. The van der Waals surface area contributed by atoms with Crippen molar-refractivity contribution in [3.05, 3.63) is 97.0 Å². The normalized spacial score (nSPS) is 11.5. The Labute approximate surface area is 197 Å². The first-order valence-electron chi connectivity index (χ1n) is 10.2. The summed E-state index contributed by atoms with van der Waals surface area (Å²) >= 11 is 7.69. The van der Waals surface area contributed by atoms with Crippen molar-refractivity contribution in [2.75, 3.05) is 0 Å². The summed E-state index contributed by atoms with van der Waals surface area (Å²) in [6.45, 7) is 1.83. The third kappa shape index (κ3) is 3.94. The molecule has 0 aliphatic carbocycles. The maximum absolute atomic E-state index is 13.0. The van der Waals surface area contributed by atoms with Crippen LogP contribution in [-0.4, -0.2) is 29.1 Å². The van der Waals surface area contributed by atoms with Crippen molar-refractivity contribution in [1.82, 2.24) is 29.1 Å². The number of H-pyrrole nitrogens is 1. The molecule has 0 aliphatic heterocycles. The average Bonchev–Trinajstić information content (AvgIpc) is 3.15. The van der Waals surface area contributed by atoms with E-state index in [1.165, 1.54) is 16.2 Å². The van der Waals surface area contributed by atoms with Crippen molar-refractivity contribution < 1.29 is 0 Å². The first-order chi connectivity index (χ1) is 15.9. The lowest BCUT2D eigenvalue weighted by Gasteiger charge is -2.08. The predicted octanol–water partition coefficient (Wildman–Crippen LogP) is 3.51. The molecule has 1 aromatic carbocycles. The molecule has 4 heterocycles. The number of rotatable bonds is 5. The number of nitrogens with one attached hydrogen (secondary N) is 1. The van der Waals surface area contributed by atoms with Gasteiger partial charge in [-0.2, -0.15) is 0 Å². The van der Waals surface area contributed by atoms with Gasteiger partial charge in [0.2, 0.25) is 0 Å². The number of para-hydroxylation sites is 1. The van der Waals surface area contributed by atoms with E-state index in [1.54, 1.807) is 42.6 Å². The second-order valence-corrected chi connectivity index (χ2v) is 9.00. The Kier molecular flexibility index (Phi) is 5.51. The zero-order valence-electron chi connectivity index (χ0n) is 17.9. The molecule has 5 rings (SSSR count). The van der Waals surface area contributed by atoms with Gasteiger partial charge in [0.05, 0.1) is 10.5 Å². The first-order valence-corrected chi connectivity index (χ1v) is 11.6. The van der Waals surface area contributed by atoms with Gasteiger partial charge in [-0.15, -0.1) is 10.2 Å². The summed E-state index contributed by atoms with van der Waals surface area (Å²) in [6.07, 6.45) is 2.03. The molecule has 5 aromatic rings. The average molecular weight is 479 g/mol. The van der Waals surface area contributed by atoms with Gasteiger partial charge in [0.15, 0.2) is 10.6 Å². The fraction of sp³-hybridized carbons (Fsp3) is 0.174. The van der Waals surface area contributed by atoms with E-state index in [2.05, 4.69) is 20.2 Å². The molecule has 0 radical (unpaired) electrons. The zero-order chi connectivity index (χ0) is 23.1. The number of fused-ring (bicyclic) bond motifs is 2. The van der Waals surface area contributed by atoms with Crippen molar-refractivity contribution in [3.8, 4) is 0 Å². The Morgan fingerprint density at radius 2 is 1.97 bits per heavy atom. The van der Waals surface area contributed by atoms with E-state index in [0.29, 0.717) is 56.0 Å². The van der Waals surface area contributed by atoms with Crippen molar-refractivity contribution >= 4 is 39.9 Å². The van der Waals surface area contributed by atoms with Crippen LogP contribution in [0.2, 0.25) is 5.02 Å². The minimum absolute atomic E-state index is 0.0831. The fourth-order valence-electron chi connectivity index (χ4n) is 3.73. The van der Waals surface area contributed by atoms with Crippen molar-refractivity contribution in [1.29, 1.82) is 0 Å². The van der Waals surface area contributed by atoms with Crippen LogP contribution in [0.3, 0.4) is 0 Å². The van der Waals surface area contributed by atoms with Crippen molar-refractivity contribution in [2.45, 2.75) is 24.3 Å². The van der Waals surface area contributed by atoms with Crippen molar-refractivity contribution in [3.63, 3.8) is 0 Å². The van der Waals surface area contributed by atoms with Gasteiger partial charge in [0.1, 0.15) is 11.5 Å². The van der Waals surface area contributed by atoms with Gasteiger partial charge < -0.3 is 9.55 Å². The van der Waals surface area contributed by atoms with E-state index < -0.39 is 0 Å². The van der Waals surface area contributed by atoms with Crippen LogP contribution in [0.15, 0.2) is 63.4 Å². The predicted molar refractivity (Wildman–Crippen MR) is 129 cm³/mol. The van der Waals surface area contributed by atoms with Gasteiger partial charge in [-0.1, -0.05) is 35.5 Å². The molecule has 1 N–H and O–H groups in total. The number of aromatic amines is 1. The van der Waals surface area contributed by atoms with Crippen LogP contribution in [0.25, 0.3) is 16.6 Å². The quantitative estimate of drug-likeness (QED) is 0.388. The van der Waals surface area contributed by atoms with Gasteiger partial charge in [-0.3, -0.25) is 14.0 Å². The summed E-state index contributed by atoms with van der Waals surface area (Å²) in [4.78, 5) is 33.2. The molecular weight excluding hydrogens is 460 g/mol. The van der Waals surface area contributed by atoms with Crippen molar-refractivity contribution in [2.24, 2.45) is 7.05 Å². The molecule has 0 spiro atoms. The summed E-state index contributed by atoms with van der Waals surface area (Å²) < 4.78 is 3.39. The summed E-state index contributed by atoms with van der Waals surface area (Å²) in [7, 11) is 1.86. The van der Waals surface area contributed by atoms with Crippen LogP contribution < -0.4 is 11.0 Å². The third-order valence-corrected chi connectivity index (χ3v) is 6.91. The lowest BCUT2D eigenvalue weighted by Crippen LogP contribution is -2.22. The highest BCUT2D eigenvalue weighted by Crippen LogP contribution is 2.24. The fourth-order valence-corrected chi connectivity index (χ4v) is 4.79. The number of hydrogen-bond acceptors (Lipinski definition) is 6. The molecule has 10 heteroatoms. The number of aromatic nitrogens is 6. The number of hydrogen-bond donors (Lipinski definition) is 1. The molecular formula is C23H19ClN6O2S. The summed E-state index contributed by atoms with van der Waals surface area (Å²) in [6, 6.07) is 12.3. The molecule has 4 aromatic heterocycles. The topological polar surface area (TPSA) is 97.9 Å². The second kappa shape index (κ2) is 8.49. The molecule has 166 valence electrons. The minimum atomic E-state index is -0.110. The number of pyridine rings is 2. The third-order valence-electron chi connectivity index (χ3n) is 5.52. The Hall–Kier alpha value is -3.43. The highest BCUT2D eigenvalue weighted by molar-refractivity contribution is 7.98. The van der Waals surface area contributed by atoms with Crippen LogP contribution in [0.4, 0.5) is 0 Å². The molecule has 8 nitrogen and oxygen atoms in total. The van der Waals surface area contributed by atoms with Crippen LogP contribution in [0.1, 0.15) is 22.8 Å². The second-order valence-electron chi connectivity index (χ2n) is 7.65. The number of nitrogens with zero attached hydrogens (tertiary/aromatic N) is 5. The summed E-state index contributed by atoms with van der Waals surface area (Å²) in [5, 5.41) is 10.3. The van der Waals surface area contributed by atoms with Gasteiger partial charge in [-0.25, -0.2) is 4.98 Å². The lowest BCUT2D eigenvalue weighted by atomic mass is 10.1. The molecule has 0 bridgehead atoms. The van der Waals surface area contributed by atoms with E-state index in [0.717, 1.165) is 5.69 Å². The van der Waals surface area contributed by atoms with Crippen LogP contribution in [0.5, 0.6) is 0 Å². The molecule has 0 saturated heterocycles. The molecule has 33 heavy (non-hydrogen) atoms.